The predicted octanol–water partition coefficient (Wildman–Crippen LogP) is 3.59. The average Bonchev–Trinajstić information content (AvgIpc) is 2.50. The van der Waals surface area contributed by atoms with Crippen molar-refractivity contribution in [1.29, 1.82) is 0 Å². The van der Waals surface area contributed by atoms with Crippen molar-refractivity contribution in [2.75, 3.05) is 0 Å². The summed E-state index contributed by atoms with van der Waals surface area (Å²) in [6.45, 7) is 0. The standard InChI is InChI=1S/C8H4BrClO2S2/c9-6-1-2-7(14(10,11)12)8-5(6)3-4-13-8/h1-4H. The van der Waals surface area contributed by atoms with Crippen molar-refractivity contribution in [2.45, 2.75) is 4.90 Å². The first-order chi connectivity index (χ1) is 6.50. The molecule has 0 aliphatic rings. The lowest BCUT2D eigenvalue weighted by atomic mass is 10.3. The fraction of sp³-hybridized carbons (Fsp3) is 0. The molecule has 0 radical (unpaired) electrons. The highest BCUT2D eigenvalue weighted by Crippen LogP contribution is 2.34. The van der Waals surface area contributed by atoms with Gasteiger partial charge in [-0.15, -0.1) is 11.3 Å². The third kappa shape index (κ3) is 1.69. The summed E-state index contributed by atoms with van der Waals surface area (Å²) in [6, 6.07) is 5.05. The predicted molar refractivity (Wildman–Crippen MR) is 62.6 cm³/mol. The highest BCUT2D eigenvalue weighted by Gasteiger charge is 2.16. The van der Waals surface area contributed by atoms with Crippen LogP contribution in [0.15, 0.2) is 32.9 Å². The number of benzene rings is 1. The van der Waals surface area contributed by atoms with E-state index in [0.29, 0.717) is 4.70 Å². The van der Waals surface area contributed by atoms with Gasteiger partial charge in [-0.3, -0.25) is 0 Å². The Kier molecular flexibility index (Phi) is 2.59. The summed E-state index contributed by atoms with van der Waals surface area (Å²) in [5, 5.41) is 2.71. The van der Waals surface area contributed by atoms with Crippen molar-refractivity contribution in [2.24, 2.45) is 0 Å². The van der Waals surface area contributed by atoms with E-state index < -0.39 is 9.05 Å². The van der Waals surface area contributed by atoms with Gasteiger partial charge in [0.2, 0.25) is 0 Å². The highest BCUT2D eigenvalue weighted by molar-refractivity contribution is 9.10. The smallest absolute Gasteiger partial charge is 0.207 e. The summed E-state index contributed by atoms with van der Waals surface area (Å²) in [4.78, 5) is 0.173. The Morgan fingerprint density at radius 2 is 2.00 bits per heavy atom. The van der Waals surface area contributed by atoms with E-state index in [1.165, 1.54) is 17.4 Å². The van der Waals surface area contributed by atoms with Crippen LogP contribution in [0.4, 0.5) is 0 Å². The van der Waals surface area contributed by atoms with Gasteiger partial charge in [0.25, 0.3) is 9.05 Å². The van der Waals surface area contributed by atoms with Crippen molar-refractivity contribution in [1.82, 2.24) is 0 Å². The first-order valence-electron chi connectivity index (χ1n) is 3.60. The Bertz CT molecular complexity index is 588. The van der Waals surface area contributed by atoms with Crippen LogP contribution in [0.3, 0.4) is 0 Å². The molecule has 2 aromatic rings. The fourth-order valence-corrected chi connectivity index (χ4v) is 4.18. The molecule has 0 unspecified atom stereocenters. The van der Waals surface area contributed by atoms with Crippen molar-refractivity contribution in [3.05, 3.63) is 28.1 Å². The van der Waals surface area contributed by atoms with Crippen molar-refractivity contribution in [3.63, 3.8) is 0 Å². The molecule has 0 N–H and O–H groups in total. The maximum absolute atomic E-state index is 11.2. The third-order valence-electron chi connectivity index (χ3n) is 1.79. The number of thiophene rings is 1. The average molecular weight is 312 g/mol. The van der Waals surface area contributed by atoms with Gasteiger partial charge in [0, 0.05) is 20.5 Å². The topological polar surface area (TPSA) is 34.1 Å². The van der Waals surface area contributed by atoms with Gasteiger partial charge < -0.3 is 0 Å². The van der Waals surface area contributed by atoms with Crippen LogP contribution < -0.4 is 0 Å². The maximum Gasteiger partial charge on any atom is 0.262 e. The Labute approximate surface area is 98.1 Å². The first-order valence-corrected chi connectivity index (χ1v) is 7.59. The summed E-state index contributed by atoms with van der Waals surface area (Å²) >= 11 is 4.71. The van der Waals surface area contributed by atoms with E-state index in [1.54, 1.807) is 6.07 Å². The molecule has 0 bridgehead atoms. The quantitative estimate of drug-likeness (QED) is 0.754. The van der Waals surface area contributed by atoms with E-state index in [9.17, 15) is 8.42 Å². The van der Waals surface area contributed by atoms with Crippen LogP contribution in [-0.2, 0) is 9.05 Å². The van der Waals surface area contributed by atoms with E-state index in [-0.39, 0.29) is 4.90 Å². The molecule has 0 atom stereocenters. The lowest BCUT2D eigenvalue weighted by Crippen LogP contribution is -1.90. The minimum Gasteiger partial charge on any atom is -0.207 e. The zero-order valence-corrected chi connectivity index (χ0v) is 10.7. The van der Waals surface area contributed by atoms with Crippen LogP contribution in [0.1, 0.15) is 0 Å². The first kappa shape index (κ1) is 10.4. The zero-order valence-electron chi connectivity index (χ0n) is 6.70. The highest BCUT2D eigenvalue weighted by atomic mass is 79.9. The van der Waals surface area contributed by atoms with Gasteiger partial charge in [-0.1, -0.05) is 15.9 Å². The normalized spacial score (nSPS) is 12.1. The third-order valence-corrected chi connectivity index (χ3v) is 4.92. The van der Waals surface area contributed by atoms with Crippen LogP contribution in [0, 0.1) is 0 Å². The lowest BCUT2D eigenvalue weighted by Gasteiger charge is -1.99. The van der Waals surface area contributed by atoms with Crippen LogP contribution in [0.25, 0.3) is 10.1 Å². The molecule has 0 amide bonds. The monoisotopic (exact) mass is 310 g/mol. The summed E-state index contributed by atoms with van der Waals surface area (Å²) in [7, 11) is 1.66. The second-order valence-corrected chi connectivity index (χ2v) is 6.95. The van der Waals surface area contributed by atoms with E-state index in [4.69, 9.17) is 10.7 Å². The van der Waals surface area contributed by atoms with Gasteiger partial charge in [-0.2, -0.15) is 0 Å². The minimum absolute atomic E-state index is 0.173. The molecule has 0 fully saturated rings. The molecule has 0 spiro atoms. The Morgan fingerprint density at radius 3 is 2.64 bits per heavy atom. The van der Waals surface area contributed by atoms with Gasteiger partial charge in [0.05, 0.1) is 4.70 Å². The summed E-state index contributed by atoms with van der Waals surface area (Å²) in [5.74, 6) is 0. The summed E-state index contributed by atoms with van der Waals surface area (Å²) in [6.07, 6.45) is 0. The van der Waals surface area contributed by atoms with E-state index >= 15 is 0 Å². The molecule has 74 valence electrons. The fourth-order valence-electron chi connectivity index (χ4n) is 1.19. The van der Waals surface area contributed by atoms with Crippen LogP contribution in [-0.4, -0.2) is 8.42 Å². The SMILES string of the molecule is O=S(=O)(Cl)c1ccc(Br)c2ccsc12. The molecule has 1 heterocycles. The minimum atomic E-state index is -3.65. The molecule has 1 aromatic carbocycles. The Balaban J connectivity index is 2.93. The number of rotatable bonds is 1. The lowest BCUT2D eigenvalue weighted by molar-refractivity contribution is 0.610. The van der Waals surface area contributed by atoms with Crippen molar-refractivity contribution >= 4 is 57.1 Å². The number of hydrogen-bond acceptors (Lipinski definition) is 3. The van der Waals surface area contributed by atoms with Gasteiger partial charge >= 0.3 is 0 Å². The Morgan fingerprint density at radius 1 is 1.29 bits per heavy atom. The second-order valence-electron chi connectivity index (χ2n) is 2.65. The zero-order chi connectivity index (χ0) is 10.3. The molecular formula is C8H4BrClO2S2. The molecule has 0 saturated carbocycles. The van der Waals surface area contributed by atoms with Crippen LogP contribution in [0.5, 0.6) is 0 Å². The summed E-state index contributed by atoms with van der Waals surface area (Å²) < 4.78 is 24.0. The molecule has 14 heavy (non-hydrogen) atoms. The van der Waals surface area contributed by atoms with Crippen molar-refractivity contribution < 1.29 is 8.42 Å². The van der Waals surface area contributed by atoms with Gasteiger partial charge in [0.15, 0.2) is 0 Å². The molecule has 0 aliphatic heterocycles. The van der Waals surface area contributed by atoms with Crippen LogP contribution in [0.2, 0.25) is 0 Å². The number of hydrogen-bond donors (Lipinski definition) is 0. The van der Waals surface area contributed by atoms with Crippen molar-refractivity contribution in [3.8, 4) is 0 Å². The molecule has 1 aromatic heterocycles. The molecule has 2 rings (SSSR count). The number of halogens is 2. The van der Waals surface area contributed by atoms with E-state index in [1.807, 2.05) is 11.4 Å². The Hall–Kier alpha value is -0.100. The summed E-state index contributed by atoms with van der Waals surface area (Å²) in [5.41, 5.74) is 0. The molecule has 6 heteroatoms. The maximum atomic E-state index is 11.2. The van der Waals surface area contributed by atoms with Crippen LogP contribution >= 0.6 is 37.9 Å². The van der Waals surface area contributed by atoms with E-state index in [0.717, 1.165) is 9.86 Å². The molecular weight excluding hydrogens is 308 g/mol. The number of fused-ring (bicyclic) bond motifs is 1. The molecule has 2 nitrogen and oxygen atoms in total. The van der Waals surface area contributed by atoms with E-state index in [2.05, 4.69) is 15.9 Å². The molecule has 0 aliphatic carbocycles. The molecule has 0 saturated heterocycles. The van der Waals surface area contributed by atoms with Gasteiger partial charge in [-0.25, -0.2) is 8.42 Å². The second kappa shape index (κ2) is 3.48. The van der Waals surface area contributed by atoms with Gasteiger partial charge in [-0.05, 0) is 23.6 Å². The van der Waals surface area contributed by atoms with Gasteiger partial charge in [0.1, 0.15) is 4.90 Å². The largest absolute Gasteiger partial charge is 0.262 e.